The molecule has 1 N–H and O–H groups in total. The van der Waals surface area contributed by atoms with Crippen LogP contribution >= 0.6 is 0 Å². The fourth-order valence-electron chi connectivity index (χ4n) is 1.89. The monoisotopic (exact) mass is 279 g/mol. The van der Waals surface area contributed by atoms with Crippen molar-refractivity contribution in [1.82, 2.24) is 15.5 Å². The molecule has 0 fully saturated rings. The Bertz CT molecular complexity index is 527. The summed E-state index contributed by atoms with van der Waals surface area (Å²) in [4.78, 5) is 4.33. The summed E-state index contributed by atoms with van der Waals surface area (Å²) >= 11 is 0. The molecule has 1 atom stereocenters. The average molecular weight is 279 g/mol. The minimum Gasteiger partial charge on any atom is -0.383 e. The minimum absolute atomic E-state index is 0.138. The quantitative estimate of drug-likeness (QED) is 0.833. The van der Waals surface area contributed by atoms with Crippen LogP contribution < -0.4 is 5.32 Å². The second-order valence-corrected chi connectivity index (χ2v) is 4.55. The number of benzene rings is 1. The molecule has 0 bridgehead atoms. The number of likely N-dealkylation sites (N-methyl/N-ethyl adjacent to an activating group) is 1. The molecule has 20 heavy (non-hydrogen) atoms. The lowest BCUT2D eigenvalue weighted by atomic mass is 10.1. The van der Waals surface area contributed by atoms with Gasteiger partial charge < -0.3 is 14.6 Å². The molecule has 108 valence electrons. The number of halogens is 1. The van der Waals surface area contributed by atoms with Crippen LogP contribution in [0.5, 0.6) is 0 Å². The zero-order valence-corrected chi connectivity index (χ0v) is 11.6. The molecule has 0 aliphatic carbocycles. The summed E-state index contributed by atoms with van der Waals surface area (Å²) in [5.41, 5.74) is 0.945. The lowest BCUT2D eigenvalue weighted by molar-refractivity contribution is 0.165. The molecule has 2 aromatic rings. The van der Waals surface area contributed by atoms with E-state index in [9.17, 15) is 4.39 Å². The normalized spacial score (nSPS) is 12.6. The van der Waals surface area contributed by atoms with Gasteiger partial charge in [0, 0.05) is 26.0 Å². The number of nitrogens with one attached hydrogen (secondary N) is 1. The molecule has 0 aliphatic rings. The predicted molar refractivity (Wildman–Crippen MR) is 71.9 cm³/mol. The van der Waals surface area contributed by atoms with Gasteiger partial charge in [0.2, 0.25) is 5.89 Å². The Morgan fingerprint density at radius 1 is 1.35 bits per heavy atom. The molecular formula is C14H18FN3O2. The van der Waals surface area contributed by atoms with E-state index < -0.39 is 0 Å². The van der Waals surface area contributed by atoms with Gasteiger partial charge in [-0.15, -0.1) is 0 Å². The van der Waals surface area contributed by atoms with Crippen LogP contribution in [0.3, 0.4) is 0 Å². The molecule has 0 aliphatic heterocycles. The van der Waals surface area contributed by atoms with Crippen LogP contribution in [0.15, 0.2) is 28.8 Å². The summed E-state index contributed by atoms with van der Waals surface area (Å²) in [7, 11) is 3.51. The Hall–Kier alpha value is -1.79. The molecule has 0 radical (unpaired) electrons. The van der Waals surface area contributed by atoms with E-state index in [0.29, 0.717) is 31.2 Å². The predicted octanol–water partition coefficient (Wildman–Crippen LogP) is 1.58. The van der Waals surface area contributed by atoms with Crippen molar-refractivity contribution in [3.05, 3.63) is 47.4 Å². The van der Waals surface area contributed by atoms with E-state index in [1.807, 2.05) is 7.05 Å². The molecule has 1 aromatic carbocycles. The Morgan fingerprint density at radius 3 is 2.75 bits per heavy atom. The van der Waals surface area contributed by atoms with Crippen LogP contribution in [0, 0.1) is 5.82 Å². The molecular weight excluding hydrogens is 261 g/mol. The van der Waals surface area contributed by atoms with Crippen molar-refractivity contribution in [3.63, 3.8) is 0 Å². The van der Waals surface area contributed by atoms with Crippen LogP contribution in [-0.2, 0) is 17.6 Å². The van der Waals surface area contributed by atoms with Gasteiger partial charge in [-0.2, -0.15) is 4.98 Å². The fraction of sp³-hybridized carbons (Fsp3) is 0.429. The second-order valence-electron chi connectivity index (χ2n) is 4.55. The molecule has 2 rings (SSSR count). The first kappa shape index (κ1) is 14.6. The van der Waals surface area contributed by atoms with Gasteiger partial charge in [-0.1, -0.05) is 17.3 Å². The largest absolute Gasteiger partial charge is 0.383 e. The van der Waals surface area contributed by atoms with Crippen LogP contribution in [0.25, 0.3) is 0 Å². The minimum atomic E-state index is -0.251. The van der Waals surface area contributed by atoms with E-state index in [-0.39, 0.29) is 11.9 Å². The SMILES string of the molecule is CNC(COC)Cc1nc(Cc2ccc(F)cc2)no1. The number of hydrogen-bond donors (Lipinski definition) is 1. The van der Waals surface area contributed by atoms with Crippen molar-refractivity contribution in [2.45, 2.75) is 18.9 Å². The van der Waals surface area contributed by atoms with E-state index in [1.54, 1.807) is 19.2 Å². The Morgan fingerprint density at radius 2 is 2.10 bits per heavy atom. The van der Waals surface area contributed by atoms with E-state index in [1.165, 1.54) is 12.1 Å². The molecule has 0 amide bonds. The average Bonchev–Trinajstić information content (AvgIpc) is 2.88. The highest BCUT2D eigenvalue weighted by molar-refractivity contribution is 5.19. The number of nitrogens with zero attached hydrogens (tertiary/aromatic N) is 2. The Kier molecular flexibility index (Phi) is 5.20. The van der Waals surface area contributed by atoms with Crippen molar-refractivity contribution in [2.24, 2.45) is 0 Å². The van der Waals surface area contributed by atoms with Gasteiger partial charge in [0.05, 0.1) is 6.61 Å². The van der Waals surface area contributed by atoms with Gasteiger partial charge in [0.15, 0.2) is 5.82 Å². The van der Waals surface area contributed by atoms with Crippen molar-refractivity contribution < 1.29 is 13.7 Å². The van der Waals surface area contributed by atoms with Gasteiger partial charge in [0.25, 0.3) is 0 Å². The molecule has 1 aromatic heterocycles. The van der Waals surface area contributed by atoms with E-state index in [4.69, 9.17) is 9.26 Å². The van der Waals surface area contributed by atoms with Gasteiger partial charge in [-0.05, 0) is 24.7 Å². The Labute approximate surface area is 117 Å². The first-order valence-corrected chi connectivity index (χ1v) is 6.43. The Balaban J connectivity index is 1.96. The molecule has 5 nitrogen and oxygen atoms in total. The summed E-state index contributed by atoms with van der Waals surface area (Å²) in [6.07, 6.45) is 1.14. The van der Waals surface area contributed by atoms with E-state index in [2.05, 4.69) is 15.5 Å². The maximum absolute atomic E-state index is 12.8. The van der Waals surface area contributed by atoms with Crippen molar-refractivity contribution >= 4 is 0 Å². The van der Waals surface area contributed by atoms with Crippen LogP contribution in [0.1, 0.15) is 17.3 Å². The second kappa shape index (κ2) is 7.12. The highest BCUT2D eigenvalue weighted by Crippen LogP contribution is 2.09. The lowest BCUT2D eigenvalue weighted by Gasteiger charge is -2.11. The van der Waals surface area contributed by atoms with Gasteiger partial charge in [0.1, 0.15) is 5.82 Å². The molecule has 0 saturated heterocycles. The summed E-state index contributed by atoms with van der Waals surface area (Å²) in [6, 6.07) is 6.41. The van der Waals surface area contributed by atoms with Crippen molar-refractivity contribution in [1.29, 1.82) is 0 Å². The zero-order valence-electron chi connectivity index (χ0n) is 11.6. The number of methoxy groups -OCH3 is 1. The summed E-state index contributed by atoms with van der Waals surface area (Å²) in [5, 5.41) is 7.06. The first-order valence-electron chi connectivity index (χ1n) is 6.43. The van der Waals surface area contributed by atoms with Crippen molar-refractivity contribution in [2.75, 3.05) is 20.8 Å². The third-order valence-corrected chi connectivity index (χ3v) is 2.98. The molecule has 1 heterocycles. The smallest absolute Gasteiger partial charge is 0.228 e. The number of rotatable bonds is 7. The van der Waals surface area contributed by atoms with Crippen molar-refractivity contribution in [3.8, 4) is 0 Å². The van der Waals surface area contributed by atoms with E-state index in [0.717, 1.165) is 5.56 Å². The summed E-state index contributed by atoms with van der Waals surface area (Å²) in [6.45, 7) is 0.576. The highest BCUT2D eigenvalue weighted by Gasteiger charge is 2.13. The topological polar surface area (TPSA) is 60.2 Å². The van der Waals surface area contributed by atoms with Gasteiger partial charge in [-0.25, -0.2) is 4.39 Å². The standard InChI is InChI=1S/C14H18FN3O2/c1-16-12(9-19-2)8-14-17-13(18-20-14)7-10-3-5-11(15)6-4-10/h3-6,12,16H,7-9H2,1-2H3. The number of ether oxygens (including phenoxy) is 1. The fourth-order valence-corrected chi connectivity index (χ4v) is 1.89. The van der Waals surface area contributed by atoms with Gasteiger partial charge in [-0.3, -0.25) is 0 Å². The van der Waals surface area contributed by atoms with Crippen LogP contribution in [0.2, 0.25) is 0 Å². The maximum atomic E-state index is 12.8. The highest BCUT2D eigenvalue weighted by atomic mass is 19.1. The first-order chi connectivity index (χ1) is 9.71. The molecule has 0 saturated carbocycles. The van der Waals surface area contributed by atoms with E-state index >= 15 is 0 Å². The zero-order chi connectivity index (χ0) is 14.4. The third-order valence-electron chi connectivity index (χ3n) is 2.98. The lowest BCUT2D eigenvalue weighted by Crippen LogP contribution is -2.32. The summed E-state index contributed by atoms with van der Waals surface area (Å²) in [5.74, 6) is 0.913. The van der Waals surface area contributed by atoms with Crippen LogP contribution in [-0.4, -0.2) is 36.9 Å². The third kappa shape index (κ3) is 4.11. The molecule has 6 heteroatoms. The maximum Gasteiger partial charge on any atom is 0.228 e. The molecule has 0 spiro atoms. The van der Waals surface area contributed by atoms with Crippen LogP contribution in [0.4, 0.5) is 4.39 Å². The number of aromatic nitrogens is 2. The molecule has 1 unspecified atom stereocenters. The number of hydrogen-bond acceptors (Lipinski definition) is 5. The van der Waals surface area contributed by atoms with Gasteiger partial charge >= 0.3 is 0 Å². The summed E-state index contributed by atoms with van der Waals surface area (Å²) < 4.78 is 23.1.